The molecule has 0 amide bonds. The molecular formula is C20H24BNO4. The quantitative estimate of drug-likeness (QED) is 0.573. The Labute approximate surface area is 153 Å². The van der Waals surface area contributed by atoms with Crippen LogP contribution in [0.1, 0.15) is 35.4 Å². The average Bonchev–Trinajstić information content (AvgIpc) is 2.99. The summed E-state index contributed by atoms with van der Waals surface area (Å²) in [7, 11) is -1.33. The van der Waals surface area contributed by atoms with Crippen molar-refractivity contribution >= 4 is 13.1 Å². The molecule has 0 spiro atoms. The predicted molar refractivity (Wildman–Crippen MR) is 102 cm³/mol. The molecule has 2 aromatic carbocycles. The average molecular weight is 353 g/mol. The largest absolute Gasteiger partial charge is 0.481 e. The van der Waals surface area contributed by atoms with Gasteiger partial charge in [0.2, 0.25) is 0 Å². The molecule has 0 saturated carbocycles. The number of carbonyl (C=O) groups is 1. The van der Waals surface area contributed by atoms with Gasteiger partial charge >= 0.3 is 13.1 Å². The molecule has 6 heteroatoms. The summed E-state index contributed by atoms with van der Waals surface area (Å²) in [6.45, 7) is 0.496. The number of aliphatic carboxylic acids is 1. The maximum atomic E-state index is 11.9. The number of hydrogen-bond donors (Lipinski definition) is 4. The molecule has 0 saturated heterocycles. The maximum Gasteiger partial charge on any atom is 0.451 e. The minimum absolute atomic E-state index is 0.00360. The molecule has 1 aliphatic rings. The van der Waals surface area contributed by atoms with Gasteiger partial charge in [0.05, 0.1) is 5.92 Å². The third kappa shape index (κ3) is 3.98. The Morgan fingerprint density at radius 1 is 1.12 bits per heavy atom. The molecule has 136 valence electrons. The van der Waals surface area contributed by atoms with Crippen LogP contribution >= 0.6 is 0 Å². The molecule has 0 bridgehead atoms. The first-order chi connectivity index (χ1) is 12.5. The molecule has 0 radical (unpaired) electrons. The lowest BCUT2D eigenvalue weighted by molar-refractivity contribution is -0.139. The summed E-state index contributed by atoms with van der Waals surface area (Å²) in [5.41, 5.74) is 10.7. The highest BCUT2D eigenvalue weighted by Crippen LogP contribution is 2.42. The van der Waals surface area contributed by atoms with Gasteiger partial charge in [-0.1, -0.05) is 48.9 Å². The second-order valence-corrected chi connectivity index (χ2v) is 7.01. The summed E-state index contributed by atoms with van der Waals surface area (Å²) in [5.74, 6) is -1.35. The van der Waals surface area contributed by atoms with Gasteiger partial charge in [-0.3, -0.25) is 4.79 Å². The number of rotatable bonds is 7. The minimum atomic E-state index is -1.33. The monoisotopic (exact) mass is 353 g/mol. The fourth-order valence-electron chi connectivity index (χ4n) is 3.90. The van der Waals surface area contributed by atoms with Crippen molar-refractivity contribution in [1.29, 1.82) is 0 Å². The third-order valence-corrected chi connectivity index (χ3v) is 5.26. The van der Waals surface area contributed by atoms with Crippen LogP contribution in [-0.2, 0) is 17.8 Å². The van der Waals surface area contributed by atoms with E-state index in [4.69, 9.17) is 15.8 Å². The predicted octanol–water partition coefficient (Wildman–Crippen LogP) is 2.41. The third-order valence-electron chi connectivity index (χ3n) is 5.26. The van der Waals surface area contributed by atoms with E-state index in [-0.39, 0.29) is 12.2 Å². The fourth-order valence-corrected chi connectivity index (χ4v) is 3.90. The summed E-state index contributed by atoms with van der Waals surface area (Å²) in [4.78, 5) is 11.9. The van der Waals surface area contributed by atoms with Gasteiger partial charge in [-0.25, -0.2) is 0 Å². The zero-order valence-corrected chi connectivity index (χ0v) is 14.6. The number of fused-ring (bicyclic) bond motifs is 1. The van der Waals surface area contributed by atoms with Gasteiger partial charge in [-0.05, 0) is 52.9 Å². The van der Waals surface area contributed by atoms with Crippen molar-refractivity contribution in [2.75, 3.05) is 0 Å². The molecule has 0 fully saturated rings. The lowest BCUT2D eigenvalue weighted by Gasteiger charge is -2.16. The van der Waals surface area contributed by atoms with E-state index in [1.807, 2.05) is 42.5 Å². The van der Waals surface area contributed by atoms with E-state index in [1.54, 1.807) is 0 Å². The molecule has 26 heavy (non-hydrogen) atoms. The number of hydrogen-bond acceptors (Lipinski definition) is 4. The van der Waals surface area contributed by atoms with Crippen LogP contribution in [0.4, 0.5) is 0 Å². The van der Waals surface area contributed by atoms with E-state index in [2.05, 4.69) is 0 Å². The van der Waals surface area contributed by atoms with Crippen molar-refractivity contribution in [3.63, 3.8) is 0 Å². The standard InChI is InChI=1S/C20H24BNO4/c22-12-13-3-5-14(6-4-13)15-7-8-16-10-17(2-1-9-21(25)26)19(20(23)24)18(16)11-15/h3-8,11,17,19,25-26H,1-2,9-10,12,22H2,(H,23,24). The first-order valence-electron chi connectivity index (χ1n) is 9.00. The van der Waals surface area contributed by atoms with Crippen LogP contribution < -0.4 is 5.73 Å². The van der Waals surface area contributed by atoms with Gasteiger partial charge in [-0.2, -0.15) is 0 Å². The van der Waals surface area contributed by atoms with E-state index >= 15 is 0 Å². The normalized spacial score (nSPS) is 18.6. The maximum absolute atomic E-state index is 11.9. The lowest BCUT2D eigenvalue weighted by atomic mass is 9.80. The fraction of sp³-hybridized carbons (Fsp3) is 0.350. The number of carboxylic acids is 1. The number of nitrogens with two attached hydrogens (primary N) is 1. The molecule has 2 aromatic rings. The van der Waals surface area contributed by atoms with E-state index in [0.717, 1.165) is 34.2 Å². The van der Waals surface area contributed by atoms with Crippen molar-refractivity contribution in [3.8, 4) is 11.1 Å². The van der Waals surface area contributed by atoms with Crippen LogP contribution in [-0.4, -0.2) is 28.2 Å². The molecule has 3 rings (SSSR count). The lowest BCUT2D eigenvalue weighted by Crippen LogP contribution is -2.18. The van der Waals surface area contributed by atoms with Crippen molar-refractivity contribution in [2.45, 2.75) is 38.0 Å². The molecule has 2 atom stereocenters. The SMILES string of the molecule is NCc1ccc(-c2ccc3c(c2)C(C(=O)O)C(CCCB(O)O)C3)cc1. The van der Waals surface area contributed by atoms with Gasteiger partial charge in [-0.15, -0.1) is 0 Å². The molecular weight excluding hydrogens is 329 g/mol. The zero-order chi connectivity index (χ0) is 18.7. The highest BCUT2D eigenvalue weighted by molar-refractivity contribution is 6.40. The second-order valence-electron chi connectivity index (χ2n) is 7.01. The Morgan fingerprint density at radius 2 is 1.81 bits per heavy atom. The molecule has 1 aliphatic carbocycles. The zero-order valence-electron chi connectivity index (χ0n) is 14.6. The summed E-state index contributed by atoms with van der Waals surface area (Å²) in [5, 5.41) is 27.8. The van der Waals surface area contributed by atoms with E-state index in [1.165, 1.54) is 0 Å². The Bertz CT molecular complexity index is 776. The first-order valence-corrected chi connectivity index (χ1v) is 9.00. The van der Waals surface area contributed by atoms with Crippen molar-refractivity contribution in [3.05, 3.63) is 59.2 Å². The van der Waals surface area contributed by atoms with Crippen LogP contribution in [0.25, 0.3) is 11.1 Å². The number of benzene rings is 2. The van der Waals surface area contributed by atoms with Gasteiger partial charge in [0, 0.05) is 6.54 Å². The molecule has 5 nitrogen and oxygen atoms in total. The molecule has 5 N–H and O–H groups in total. The second kappa shape index (κ2) is 8.04. The van der Waals surface area contributed by atoms with Crippen LogP contribution in [0.2, 0.25) is 6.32 Å². The number of carboxylic acid groups (broad SMARTS) is 1. The van der Waals surface area contributed by atoms with Crippen LogP contribution in [0, 0.1) is 5.92 Å². The Balaban J connectivity index is 1.84. The first kappa shape index (κ1) is 18.6. The minimum Gasteiger partial charge on any atom is -0.481 e. The Morgan fingerprint density at radius 3 is 2.42 bits per heavy atom. The van der Waals surface area contributed by atoms with Crippen molar-refractivity contribution in [2.24, 2.45) is 11.7 Å². The van der Waals surface area contributed by atoms with Gasteiger partial charge in [0.25, 0.3) is 0 Å². The van der Waals surface area contributed by atoms with Crippen molar-refractivity contribution < 1.29 is 19.9 Å². The molecule has 0 heterocycles. The van der Waals surface area contributed by atoms with Crippen LogP contribution in [0.3, 0.4) is 0 Å². The Kier molecular flexibility index (Phi) is 5.76. The van der Waals surface area contributed by atoms with Crippen molar-refractivity contribution in [1.82, 2.24) is 0 Å². The van der Waals surface area contributed by atoms with Gasteiger partial charge in [0.15, 0.2) is 0 Å². The van der Waals surface area contributed by atoms with E-state index in [0.29, 0.717) is 19.4 Å². The topological polar surface area (TPSA) is 104 Å². The van der Waals surface area contributed by atoms with Crippen LogP contribution in [0.15, 0.2) is 42.5 Å². The highest BCUT2D eigenvalue weighted by atomic mass is 16.4. The van der Waals surface area contributed by atoms with Gasteiger partial charge in [0.1, 0.15) is 0 Å². The van der Waals surface area contributed by atoms with E-state index < -0.39 is 19.0 Å². The highest BCUT2D eigenvalue weighted by Gasteiger charge is 2.37. The summed E-state index contributed by atoms with van der Waals surface area (Å²) in [6.07, 6.45) is 2.27. The molecule has 0 aliphatic heterocycles. The smallest absolute Gasteiger partial charge is 0.451 e. The van der Waals surface area contributed by atoms with Crippen LogP contribution in [0.5, 0.6) is 0 Å². The molecule has 0 aromatic heterocycles. The Hall–Kier alpha value is -2.15. The summed E-state index contributed by atoms with van der Waals surface area (Å²) < 4.78 is 0. The molecule has 2 unspecified atom stereocenters. The summed E-state index contributed by atoms with van der Waals surface area (Å²) >= 11 is 0. The van der Waals surface area contributed by atoms with E-state index in [9.17, 15) is 9.90 Å². The van der Waals surface area contributed by atoms with Gasteiger partial charge < -0.3 is 20.9 Å². The summed E-state index contributed by atoms with van der Waals surface area (Å²) in [6, 6.07) is 14.0.